The van der Waals surface area contributed by atoms with Gasteiger partial charge >= 0.3 is 0 Å². The van der Waals surface area contributed by atoms with Crippen LogP contribution in [0.25, 0.3) is 0 Å². The molecule has 3 aromatic rings. The summed E-state index contributed by atoms with van der Waals surface area (Å²) in [6.07, 6.45) is 0. The molecule has 4 rings (SSSR count). The zero-order chi connectivity index (χ0) is 21.1. The van der Waals surface area contributed by atoms with Crippen molar-refractivity contribution in [2.24, 2.45) is 0 Å². The van der Waals surface area contributed by atoms with E-state index in [1.54, 1.807) is 18.2 Å². The molecule has 0 bridgehead atoms. The number of benzene rings is 3. The molecule has 0 aliphatic carbocycles. The largest absolute Gasteiger partial charge is 0.455 e. The molecule has 1 heterocycles. The quantitative estimate of drug-likeness (QED) is 0.570. The highest BCUT2D eigenvalue weighted by atomic mass is 35.5. The summed E-state index contributed by atoms with van der Waals surface area (Å²) in [6.45, 7) is 1.91. The van der Waals surface area contributed by atoms with E-state index in [4.69, 9.17) is 16.3 Å². The average molecular weight is 439 g/mol. The molecule has 0 fully saturated rings. The van der Waals surface area contributed by atoms with E-state index in [2.05, 4.69) is 5.32 Å². The van der Waals surface area contributed by atoms with Crippen molar-refractivity contribution in [2.45, 2.75) is 11.8 Å². The highest BCUT2D eigenvalue weighted by Crippen LogP contribution is 2.35. The predicted octanol–water partition coefficient (Wildman–Crippen LogP) is 5.52. The number of para-hydroxylation sites is 1. The van der Waals surface area contributed by atoms with Crippen molar-refractivity contribution < 1.29 is 14.3 Å². The van der Waals surface area contributed by atoms with E-state index < -0.39 is 0 Å². The molecule has 30 heavy (non-hydrogen) atoms. The fraction of sp³-hybridized carbons (Fsp3) is 0.130. The molecule has 0 radical (unpaired) electrons. The van der Waals surface area contributed by atoms with Crippen molar-refractivity contribution in [3.05, 3.63) is 77.3 Å². The average Bonchev–Trinajstić information content (AvgIpc) is 2.74. The number of rotatable bonds is 5. The molecule has 5 nitrogen and oxygen atoms in total. The number of amides is 2. The summed E-state index contributed by atoms with van der Waals surface area (Å²) in [5.74, 6) is 0.994. The number of hydrogen-bond acceptors (Lipinski definition) is 4. The third-order valence-corrected chi connectivity index (χ3v) is 5.86. The van der Waals surface area contributed by atoms with Crippen LogP contribution in [0, 0.1) is 6.92 Å². The van der Waals surface area contributed by atoms with Crippen LogP contribution in [0.4, 0.5) is 11.4 Å². The number of aryl methyl sites for hydroxylation is 1. The van der Waals surface area contributed by atoms with Gasteiger partial charge < -0.3 is 15.0 Å². The van der Waals surface area contributed by atoms with E-state index in [-0.39, 0.29) is 18.4 Å². The highest BCUT2D eigenvalue weighted by Gasteiger charge is 2.26. The van der Waals surface area contributed by atoms with Gasteiger partial charge in [-0.2, -0.15) is 0 Å². The molecule has 2 amide bonds. The molecule has 0 atom stereocenters. The first-order valence-electron chi connectivity index (χ1n) is 9.36. The smallest absolute Gasteiger partial charge is 0.244 e. The molecule has 3 aromatic carbocycles. The third-order valence-electron chi connectivity index (χ3n) is 4.57. The van der Waals surface area contributed by atoms with Crippen molar-refractivity contribution in [3.63, 3.8) is 0 Å². The van der Waals surface area contributed by atoms with Crippen LogP contribution >= 0.6 is 23.4 Å². The Morgan fingerprint density at radius 3 is 2.70 bits per heavy atom. The Labute approximate surface area is 184 Å². The molecule has 0 aromatic heterocycles. The number of hydrogen-bond donors (Lipinski definition) is 1. The van der Waals surface area contributed by atoms with Gasteiger partial charge in [-0.05, 0) is 49.4 Å². The van der Waals surface area contributed by atoms with Crippen molar-refractivity contribution >= 4 is 46.6 Å². The molecule has 1 aliphatic heterocycles. The first kappa shape index (κ1) is 20.3. The number of anilines is 2. The summed E-state index contributed by atoms with van der Waals surface area (Å²) < 4.78 is 5.93. The fourth-order valence-electron chi connectivity index (χ4n) is 3.08. The number of nitrogens with one attached hydrogen (secondary N) is 1. The summed E-state index contributed by atoms with van der Waals surface area (Å²) in [5, 5.41) is 3.30. The van der Waals surface area contributed by atoms with E-state index in [1.807, 2.05) is 55.5 Å². The molecule has 0 saturated heterocycles. The van der Waals surface area contributed by atoms with Gasteiger partial charge in [0.15, 0.2) is 5.75 Å². The van der Waals surface area contributed by atoms with Crippen molar-refractivity contribution in [1.82, 2.24) is 0 Å². The van der Waals surface area contributed by atoms with Crippen LogP contribution < -0.4 is 15.0 Å². The molecular weight excluding hydrogens is 420 g/mol. The van der Waals surface area contributed by atoms with E-state index >= 15 is 0 Å². The second kappa shape index (κ2) is 8.81. The van der Waals surface area contributed by atoms with E-state index in [0.29, 0.717) is 28.0 Å². The minimum atomic E-state index is -0.332. The second-order valence-electron chi connectivity index (χ2n) is 6.84. The van der Waals surface area contributed by atoms with Gasteiger partial charge in [-0.25, -0.2) is 0 Å². The Balaban J connectivity index is 1.53. The zero-order valence-electron chi connectivity index (χ0n) is 16.2. The first-order chi connectivity index (χ1) is 14.5. The van der Waals surface area contributed by atoms with Gasteiger partial charge in [0.25, 0.3) is 0 Å². The van der Waals surface area contributed by atoms with E-state index in [0.717, 1.165) is 16.1 Å². The molecule has 1 aliphatic rings. The number of thioether (sulfide) groups is 1. The van der Waals surface area contributed by atoms with Crippen LogP contribution in [0.3, 0.4) is 0 Å². The summed E-state index contributed by atoms with van der Waals surface area (Å²) in [7, 11) is 0. The summed E-state index contributed by atoms with van der Waals surface area (Å²) in [4.78, 5) is 27.7. The highest BCUT2D eigenvalue weighted by molar-refractivity contribution is 8.00. The predicted molar refractivity (Wildman–Crippen MR) is 121 cm³/mol. The van der Waals surface area contributed by atoms with Crippen LogP contribution in [0.5, 0.6) is 11.5 Å². The summed E-state index contributed by atoms with van der Waals surface area (Å²) in [5.41, 5.74) is 2.31. The topological polar surface area (TPSA) is 58.6 Å². The minimum absolute atomic E-state index is 0.0904. The lowest BCUT2D eigenvalue weighted by Gasteiger charge is -2.28. The van der Waals surface area contributed by atoms with Crippen molar-refractivity contribution in [1.29, 1.82) is 0 Å². The standard InChI is InChI=1S/C23H19ClN2O3S/c1-15-6-9-17(10-7-15)29-20-11-8-16(24)12-18(20)25-22(27)13-26-19-4-2-3-5-21(19)30-14-23(26)28/h2-12H,13-14H2,1H3,(H,25,27). The molecule has 0 saturated carbocycles. The summed E-state index contributed by atoms with van der Waals surface area (Å²) in [6, 6.07) is 20.2. The van der Waals surface area contributed by atoms with Gasteiger partial charge in [0.1, 0.15) is 12.3 Å². The van der Waals surface area contributed by atoms with Gasteiger partial charge in [-0.3, -0.25) is 9.59 Å². The third kappa shape index (κ3) is 4.61. The minimum Gasteiger partial charge on any atom is -0.455 e. The zero-order valence-corrected chi connectivity index (χ0v) is 17.8. The van der Waals surface area contributed by atoms with Gasteiger partial charge in [0.05, 0.1) is 17.1 Å². The van der Waals surface area contributed by atoms with Crippen LogP contribution in [0.15, 0.2) is 71.6 Å². The fourth-order valence-corrected chi connectivity index (χ4v) is 4.19. The lowest BCUT2D eigenvalue weighted by Crippen LogP contribution is -2.41. The van der Waals surface area contributed by atoms with Crippen LogP contribution in [-0.4, -0.2) is 24.1 Å². The van der Waals surface area contributed by atoms with Gasteiger partial charge in [-0.15, -0.1) is 11.8 Å². The molecule has 152 valence electrons. The van der Waals surface area contributed by atoms with Crippen LogP contribution in [0.2, 0.25) is 5.02 Å². The van der Waals surface area contributed by atoms with Crippen LogP contribution in [-0.2, 0) is 9.59 Å². The van der Waals surface area contributed by atoms with E-state index in [9.17, 15) is 9.59 Å². The monoisotopic (exact) mass is 438 g/mol. The number of ether oxygens (including phenoxy) is 1. The Kier molecular flexibility index (Phi) is 5.97. The van der Waals surface area contributed by atoms with Gasteiger partial charge in [0, 0.05) is 9.92 Å². The van der Waals surface area contributed by atoms with E-state index in [1.165, 1.54) is 16.7 Å². The number of halogens is 1. The maximum Gasteiger partial charge on any atom is 0.244 e. The normalized spacial score (nSPS) is 13.0. The lowest BCUT2D eigenvalue weighted by atomic mass is 10.2. The molecule has 1 N–H and O–H groups in total. The SMILES string of the molecule is Cc1ccc(Oc2ccc(Cl)cc2NC(=O)CN2C(=O)CSc3ccccc32)cc1. The molecular formula is C23H19ClN2O3S. The number of carbonyl (C=O) groups excluding carboxylic acids is 2. The number of fused-ring (bicyclic) bond motifs is 1. The van der Waals surface area contributed by atoms with Crippen LogP contribution in [0.1, 0.15) is 5.56 Å². The summed E-state index contributed by atoms with van der Waals surface area (Å²) >= 11 is 7.61. The lowest BCUT2D eigenvalue weighted by molar-refractivity contribution is -0.120. The second-order valence-corrected chi connectivity index (χ2v) is 8.29. The number of carbonyl (C=O) groups is 2. The maximum absolute atomic E-state index is 12.8. The van der Waals surface area contributed by atoms with Gasteiger partial charge in [-0.1, -0.05) is 41.4 Å². The Morgan fingerprint density at radius 1 is 1.13 bits per heavy atom. The Morgan fingerprint density at radius 2 is 1.90 bits per heavy atom. The molecule has 0 spiro atoms. The molecule has 7 heteroatoms. The molecule has 0 unspecified atom stereocenters. The Hall–Kier alpha value is -2.96. The number of nitrogens with zero attached hydrogens (tertiary/aromatic N) is 1. The first-order valence-corrected chi connectivity index (χ1v) is 10.7. The van der Waals surface area contributed by atoms with Gasteiger partial charge in [0.2, 0.25) is 11.8 Å². The van der Waals surface area contributed by atoms with Crippen molar-refractivity contribution in [3.8, 4) is 11.5 Å². The Bertz CT molecular complexity index is 1100. The maximum atomic E-state index is 12.8. The van der Waals surface area contributed by atoms with Crippen molar-refractivity contribution in [2.75, 3.05) is 22.5 Å².